The first-order valence-electron chi connectivity index (χ1n) is 9.48. The minimum absolute atomic E-state index is 0. The van der Waals surface area contributed by atoms with Gasteiger partial charge in [-0.25, -0.2) is 4.98 Å². The maximum absolute atomic E-state index is 4.60. The van der Waals surface area contributed by atoms with E-state index < -0.39 is 0 Å². The molecular formula is C21H30IN5S. The summed E-state index contributed by atoms with van der Waals surface area (Å²) in [6.45, 7) is 10.0. The van der Waals surface area contributed by atoms with Crippen molar-refractivity contribution in [3.63, 3.8) is 0 Å². The lowest BCUT2D eigenvalue weighted by Crippen LogP contribution is -2.52. The number of halogens is 1. The van der Waals surface area contributed by atoms with E-state index in [1.54, 1.807) is 11.3 Å². The molecule has 152 valence electrons. The summed E-state index contributed by atoms with van der Waals surface area (Å²) in [7, 11) is 1.86. The summed E-state index contributed by atoms with van der Waals surface area (Å²) < 4.78 is 0. The lowest BCUT2D eigenvalue weighted by molar-refractivity contribution is 0.194. The van der Waals surface area contributed by atoms with Crippen LogP contribution in [-0.4, -0.2) is 60.5 Å². The van der Waals surface area contributed by atoms with E-state index in [1.807, 2.05) is 13.1 Å². The largest absolute Gasteiger partial charge is 0.350 e. The number of nitrogens with zero attached hydrogens (tertiary/aromatic N) is 4. The summed E-state index contributed by atoms with van der Waals surface area (Å²) >= 11 is 1.76. The molecule has 1 aliphatic heterocycles. The molecule has 0 saturated carbocycles. The van der Waals surface area contributed by atoms with Gasteiger partial charge in [-0.2, -0.15) is 0 Å². The van der Waals surface area contributed by atoms with Crippen LogP contribution in [-0.2, 0) is 6.54 Å². The molecule has 1 aromatic heterocycles. The van der Waals surface area contributed by atoms with Gasteiger partial charge in [0.2, 0.25) is 0 Å². The molecule has 0 amide bonds. The number of piperazine rings is 1. The summed E-state index contributed by atoms with van der Waals surface area (Å²) in [5.74, 6) is 0.972. The molecule has 1 saturated heterocycles. The van der Waals surface area contributed by atoms with Crippen molar-refractivity contribution >= 4 is 47.3 Å². The van der Waals surface area contributed by atoms with Crippen molar-refractivity contribution in [2.45, 2.75) is 20.4 Å². The highest BCUT2D eigenvalue weighted by atomic mass is 127. The van der Waals surface area contributed by atoms with Gasteiger partial charge in [0.1, 0.15) is 5.01 Å². The number of aryl methyl sites for hydroxylation is 2. The van der Waals surface area contributed by atoms with E-state index in [4.69, 9.17) is 0 Å². The van der Waals surface area contributed by atoms with E-state index >= 15 is 0 Å². The summed E-state index contributed by atoms with van der Waals surface area (Å²) in [5.41, 5.74) is 2.39. The fourth-order valence-electron chi connectivity index (χ4n) is 3.15. The molecule has 7 heteroatoms. The van der Waals surface area contributed by atoms with Crippen molar-refractivity contribution < 1.29 is 0 Å². The van der Waals surface area contributed by atoms with E-state index in [2.05, 4.69) is 75.4 Å². The standard InChI is InChI=1S/C21H29N5S.HI/c1-17-18(2)27-20(24-17)16-23-21(22-3)26-14-12-25(13-15-26)11-7-10-19-8-5-4-6-9-19;/h4-10H,11-16H2,1-3H3,(H,22,23);1H/b10-7+;. The Balaban J connectivity index is 0.00000280. The summed E-state index contributed by atoms with van der Waals surface area (Å²) in [6, 6.07) is 10.5. The molecule has 1 aromatic carbocycles. The number of hydrogen-bond acceptors (Lipinski definition) is 4. The average molecular weight is 511 g/mol. The van der Waals surface area contributed by atoms with E-state index in [0.717, 1.165) is 55.9 Å². The van der Waals surface area contributed by atoms with Gasteiger partial charge in [-0.15, -0.1) is 35.3 Å². The first kappa shape index (κ1) is 22.8. The maximum atomic E-state index is 4.60. The first-order valence-corrected chi connectivity index (χ1v) is 10.3. The molecule has 5 nitrogen and oxygen atoms in total. The molecule has 1 fully saturated rings. The number of hydrogen-bond donors (Lipinski definition) is 1. The second kappa shape index (κ2) is 11.5. The fraction of sp³-hybridized carbons (Fsp3) is 0.429. The number of guanidine groups is 1. The Labute approximate surface area is 189 Å². The van der Waals surface area contributed by atoms with Crippen LogP contribution < -0.4 is 5.32 Å². The Kier molecular flexibility index (Phi) is 9.40. The minimum atomic E-state index is 0. The number of benzene rings is 1. The van der Waals surface area contributed by atoms with E-state index in [-0.39, 0.29) is 24.0 Å². The Morgan fingerprint density at radius 3 is 2.50 bits per heavy atom. The van der Waals surface area contributed by atoms with Crippen LogP contribution in [0, 0.1) is 13.8 Å². The van der Waals surface area contributed by atoms with Gasteiger partial charge in [0.25, 0.3) is 0 Å². The first-order chi connectivity index (χ1) is 13.2. The van der Waals surface area contributed by atoms with Crippen molar-refractivity contribution in [2.24, 2.45) is 4.99 Å². The minimum Gasteiger partial charge on any atom is -0.350 e. The zero-order valence-corrected chi connectivity index (χ0v) is 20.0. The van der Waals surface area contributed by atoms with E-state index in [9.17, 15) is 0 Å². The van der Waals surface area contributed by atoms with Gasteiger partial charge in [0.15, 0.2) is 5.96 Å². The van der Waals surface area contributed by atoms with Gasteiger partial charge in [-0.05, 0) is 19.4 Å². The number of aromatic nitrogens is 1. The van der Waals surface area contributed by atoms with E-state index in [1.165, 1.54) is 10.4 Å². The number of thiazole rings is 1. The molecule has 0 radical (unpaired) electrons. The molecule has 2 aromatic rings. The molecule has 0 bridgehead atoms. The quantitative estimate of drug-likeness (QED) is 0.377. The van der Waals surface area contributed by atoms with Crippen LogP contribution in [0.2, 0.25) is 0 Å². The molecule has 1 N–H and O–H groups in total. The predicted molar refractivity (Wildman–Crippen MR) is 131 cm³/mol. The molecule has 3 rings (SSSR count). The highest BCUT2D eigenvalue weighted by Gasteiger charge is 2.19. The Hall–Kier alpha value is -1.45. The van der Waals surface area contributed by atoms with Gasteiger partial charge in [0.05, 0.1) is 12.2 Å². The molecule has 28 heavy (non-hydrogen) atoms. The Bertz CT molecular complexity index is 760. The average Bonchev–Trinajstić information content (AvgIpc) is 3.02. The molecule has 0 spiro atoms. The molecular weight excluding hydrogens is 481 g/mol. The van der Waals surface area contributed by atoms with Crippen LogP contribution in [0.1, 0.15) is 21.1 Å². The molecule has 0 aliphatic carbocycles. The summed E-state index contributed by atoms with van der Waals surface area (Å²) in [5, 5.41) is 4.59. The second-order valence-electron chi connectivity index (χ2n) is 6.75. The summed E-state index contributed by atoms with van der Waals surface area (Å²) in [4.78, 5) is 15.2. The van der Waals surface area contributed by atoms with Gasteiger partial charge >= 0.3 is 0 Å². The zero-order valence-electron chi connectivity index (χ0n) is 16.9. The number of aliphatic imine (C=N–C) groups is 1. The van der Waals surface area contributed by atoms with Crippen LogP contribution >= 0.6 is 35.3 Å². The third-order valence-electron chi connectivity index (χ3n) is 4.83. The lowest BCUT2D eigenvalue weighted by Gasteiger charge is -2.36. The zero-order chi connectivity index (χ0) is 19.1. The molecule has 0 atom stereocenters. The van der Waals surface area contributed by atoms with Crippen LogP contribution in [0.5, 0.6) is 0 Å². The van der Waals surface area contributed by atoms with Crippen LogP contribution in [0.4, 0.5) is 0 Å². The van der Waals surface area contributed by atoms with Crippen LogP contribution in [0.15, 0.2) is 41.4 Å². The topological polar surface area (TPSA) is 43.8 Å². The highest BCUT2D eigenvalue weighted by molar-refractivity contribution is 14.0. The van der Waals surface area contributed by atoms with E-state index in [0.29, 0.717) is 0 Å². The van der Waals surface area contributed by atoms with Crippen molar-refractivity contribution in [1.82, 2.24) is 20.1 Å². The Morgan fingerprint density at radius 1 is 1.18 bits per heavy atom. The third-order valence-corrected chi connectivity index (χ3v) is 5.90. The Morgan fingerprint density at radius 2 is 1.89 bits per heavy atom. The van der Waals surface area contributed by atoms with Crippen molar-refractivity contribution in [3.05, 3.63) is 57.6 Å². The number of nitrogens with one attached hydrogen (secondary N) is 1. The van der Waals surface area contributed by atoms with Gasteiger partial charge < -0.3 is 10.2 Å². The summed E-state index contributed by atoms with van der Waals surface area (Å²) in [6.07, 6.45) is 4.45. The van der Waals surface area contributed by atoms with Gasteiger partial charge in [-0.3, -0.25) is 9.89 Å². The SMILES string of the molecule is CN=C(NCc1nc(C)c(C)s1)N1CCN(C/C=C/c2ccccc2)CC1.I. The maximum Gasteiger partial charge on any atom is 0.194 e. The van der Waals surface area contributed by atoms with Crippen molar-refractivity contribution in [2.75, 3.05) is 39.8 Å². The fourth-order valence-corrected chi connectivity index (χ4v) is 4.02. The van der Waals surface area contributed by atoms with Gasteiger partial charge in [-0.1, -0.05) is 42.5 Å². The highest BCUT2D eigenvalue weighted by Crippen LogP contribution is 2.16. The molecule has 2 heterocycles. The molecule has 1 aliphatic rings. The smallest absolute Gasteiger partial charge is 0.194 e. The van der Waals surface area contributed by atoms with Gasteiger partial charge in [0, 0.05) is 44.6 Å². The molecule has 0 unspecified atom stereocenters. The second-order valence-corrected chi connectivity index (χ2v) is 8.04. The van der Waals surface area contributed by atoms with Crippen molar-refractivity contribution in [1.29, 1.82) is 0 Å². The van der Waals surface area contributed by atoms with Crippen LogP contribution in [0.25, 0.3) is 6.08 Å². The lowest BCUT2D eigenvalue weighted by atomic mass is 10.2. The monoisotopic (exact) mass is 511 g/mol. The number of rotatable bonds is 5. The predicted octanol–water partition coefficient (Wildman–Crippen LogP) is 3.78. The third kappa shape index (κ3) is 6.56. The van der Waals surface area contributed by atoms with Crippen molar-refractivity contribution in [3.8, 4) is 0 Å². The normalized spacial score (nSPS) is 15.7. The van der Waals surface area contributed by atoms with Crippen LogP contribution in [0.3, 0.4) is 0 Å².